The Hall–Kier alpha value is -1.08. The molecule has 0 heterocycles. The van der Waals surface area contributed by atoms with E-state index in [-0.39, 0.29) is 11.8 Å². The lowest BCUT2D eigenvalue weighted by Crippen LogP contribution is -2.44. The first-order chi connectivity index (χ1) is 9.08. The van der Waals surface area contributed by atoms with Crippen molar-refractivity contribution in [2.75, 3.05) is 26.7 Å². The van der Waals surface area contributed by atoms with Crippen LogP contribution in [-0.4, -0.2) is 48.4 Å². The molecule has 1 rings (SSSR count). The van der Waals surface area contributed by atoms with E-state index in [1.54, 1.807) is 4.90 Å². The Labute approximate surface area is 117 Å². The third-order valence-electron chi connectivity index (χ3n) is 4.03. The molecule has 19 heavy (non-hydrogen) atoms. The normalized spacial score (nSPS) is 18.1. The number of hydrogen-bond acceptors (Lipinski definition) is 3. The Bertz CT molecular complexity index is 318. The molecular formula is C15H27N3O. The number of carbonyl (C=O) groups excluding carboxylic acids is 1. The Balaban J connectivity index is 2.44. The average molecular weight is 265 g/mol. The van der Waals surface area contributed by atoms with Crippen molar-refractivity contribution in [1.29, 1.82) is 5.26 Å². The number of nitrogens with zero attached hydrogens (tertiary/aromatic N) is 3. The summed E-state index contributed by atoms with van der Waals surface area (Å²) < 4.78 is 0. The first kappa shape index (κ1) is 16.0. The maximum Gasteiger partial charge on any atom is 0.236 e. The molecule has 0 aliphatic heterocycles. The van der Waals surface area contributed by atoms with Crippen LogP contribution < -0.4 is 0 Å². The SMILES string of the molecule is CCN(C[C@H](C)C#N)C(=O)CN(C)C1CCCCC1. The molecule has 0 radical (unpaired) electrons. The Morgan fingerprint density at radius 1 is 1.37 bits per heavy atom. The molecule has 0 aromatic heterocycles. The van der Waals surface area contributed by atoms with Gasteiger partial charge >= 0.3 is 0 Å². The highest BCUT2D eigenvalue weighted by Crippen LogP contribution is 2.21. The van der Waals surface area contributed by atoms with Gasteiger partial charge in [0.25, 0.3) is 0 Å². The molecule has 1 amide bonds. The zero-order valence-corrected chi connectivity index (χ0v) is 12.6. The second kappa shape index (κ2) is 8.16. The highest BCUT2D eigenvalue weighted by molar-refractivity contribution is 5.78. The summed E-state index contributed by atoms with van der Waals surface area (Å²) in [5, 5.41) is 8.85. The van der Waals surface area contributed by atoms with Crippen LogP contribution in [0.4, 0.5) is 0 Å². The summed E-state index contributed by atoms with van der Waals surface area (Å²) in [6, 6.07) is 2.75. The van der Waals surface area contributed by atoms with Gasteiger partial charge in [0, 0.05) is 19.1 Å². The third kappa shape index (κ3) is 5.20. The molecule has 0 N–H and O–H groups in total. The monoisotopic (exact) mass is 265 g/mol. The number of likely N-dealkylation sites (N-methyl/N-ethyl adjacent to an activating group) is 2. The second-order valence-electron chi connectivity index (χ2n) is 5.67. The van der Waals surface area contributed by atoms with Gasteiger partial charge in [0.1, 0.15) is 0 Å². The minimum atomic E-state index is -0.0936. The van der Waals surface area contributed by atoms with Gasteiger partial charge in [0.2, 0.25) is 5.91 Å². The maximum atomic E-state index is 12.3. The summed E-state index contributed by atoms with van der Waals surface area (Å²) in [5.41, 5.74) is 0. The van der Waals surface area contributed by atoms with Crippen molar-refractivity contribution in [3.8, 4) is 6.07 Å². The van der Waals surface area contributed by atoms with E-state index in [2.05, 4.69) is 18.0 Å². The number of hydrogen-bond donors (Lipinski definition) is 0. The van der Waals surface area contributed by atoms with Crippen LogP contribution in [0.25, 0.3) is 0 Å². The van der Waals surface area contributed by atoms with Gasteiger partial charge in [0.05, 0.1) is 18.5 Å². The summed E-state index contributed by atoms with van der Waals surface area (Å²) >= 11 is 0. The van der Waals surface area contributed by atoms with Crippen molar-refractivity contribution in [3.63, 3.8) is 0 Å². The maximum absolute atomic E-state index is 12.3. The van der Waals surface area contributed by atoms with E-state index in [0.29, 0.717) is 25.7 Å². The lowest BCUT2D eigenvalue weighted by atomic mass is 9.94. The van der Waals surface area contributed by atoms with Crippen LogP contribution >= 0.6 is 0 Å². The van der Waals surface area contributed by atoms with E-state index in [4.69, 9.17) is 5.26 Å². The van der Waals surface area contributed by atoms with Crippen molar-refractivity contribution in [2.24, 2.45) is 5.92 Å². The van der Waals surface area contributed by atoms with Crippen LogP contribution in [0.15, 0.2) is 0 Å². The minimum absolute atomic E-state index is 0.0936. The fourth-order valence-corrected chi connectivity index (χ4v) is 2.74. The predicted molar refractivity (Wildman–Crippen MR) is 76.5 cm³/mol. The van der Waals surface area contributed by atoms with Crippen LogP contribution in [0, 0.1) is 17.2 Å². The zero-order chi connectivity index (χ0) is 14.3. The van der Waals surface area contributed by atoms with Crippen LogP contribution in [-0.2, 0) is 4.79 Å². The van der Waals surface area contributed by atoms with Crippen molar-refractivity contribution in [2.45, 2.75) is 52.0 Å². The third-order valence-corrected chi connectivity index (χ3v) is 4.03. The molecule has 0 saturated heterocycles. The van der Waals surface area contributed by atoms with Crippen molar-refractivity contribution >= 4 is 5.91 Å². The van der Waals surface area contributed by atoms with E-state index in [1.165, 1.54) is 32.1 Å². The van der Waals surface area contributed by atoms with Gasteiger partial charge in [-0.05, 0) is 33.7 Å². The van der Waals surface area contributed by atoms with E-state index < -0.39 is 0 Å². The average Bonchev–Trinajstić information content (AvgIpc) is 2.45. The van der Waals surface area contributed by atoms with Gasteiger partial charge < -0.3 is 4.90 Å². The van der Waals surface area contributed by atoms with Crippen LogP contribution in [0.3, 0.4) is 0 Å². The molecule has 0 bridgehead atoms. The Morgan fingerprint density at radius 2 is 2.00 bits per heavy atom. The van der Waals surface area contributed by atoms with E-state index in [1.807, 2.05) is 13.8 Å². The minimum Gasteiger partial charge on any atom is -0.341 e. The lowest BCUT2D eigenvalue weighted by Gasteiger charge is -2.32. The largest absolute Gasteiger partial charge is 0.341 e. The van der Waals surface area contributed by atoms with E-state index >= 15 is 0 Å². The van der Waals surface area contributed by atoms with Crippen LogP contribution in [0.5, 0.6) is 0 Å². The summed E-state index contributed by atoms with van der Waals surface area (Å²) in [6.45, 7) is 5.55. The highest BCUT2D eigenvalue weighted by atomic mass is 16.2. The highest BCUT2D eigenvalue weighted by Gasteiger charge is 2.22. The van der Waals surface area contributed by atoms with E-state index in [9.17, 15) is 4.79 Å². The van der Waals surface area contributed by atoms with Gasteiger partial charge in [-0.3, -0.25) is 9.69 Å². The number of nitriles is 1. The molecule has 0 aromatic rings. The Morgan fingerprint density at radius 3 is 2.53 bits per heavy atom. The first-order valence-electron chi connectivity index (χ1n) is 7.46. The van der Waals surface area contributed by atoms with Gasteiger partial charge in [-0.15, -0.1) is 0 Å². The number of rotatable bonds is 6. The quantitative estimate of drug-likeness (QED) is 0.740. The molecule has 0 unspecified atom stereocenters. The summed E-state index contributed by atoms with van der Waals surface area (Å²) in [6.07, 6.45) is 6.33. The second-order valence-corrected chi connectivity index (χ2v) is 5.67. The fourth-order valence-electron chi connectivity index (χ4n) is 2.74. The van der Waals surface area contributed by atoms with Gasteiger partial charge in [0.15, 0.2) is 0 Å². The number of amides is 1. The molecule has 1 fully saturated rings. The number of carbonyl (C=O) groups is 1. The molecular weight excluding hydrogens is 238 g/mol. The predicted octanol–water partition coefficient (Wildman–Crippen LogP) is 2.26. The summed E-state index contributed by atoms with van der Waals surface area (Å²) in [4.78, 5) is 16.2. The Kier molecular flexibility index (Phi) is 6.86. The van der Waals surface area contributed by atoms with Crippen molar-refractivity contribution in [1.82, 2.24) is 9.80 Å². The zero-order valence-electron chi connectivity index (χ0n) is 12.6. The van der Waals surface area contributed by atoms with Crippen LogP contribution in [0.2, 0.25) is 0 Å². The molecule has 4 nitrogen and oxygen atoms in total. The van der Waals surface area contributed by atoms with Crippen molar-refractivity contribution in [3.05, 3.63) is 0 Å². The molecule has 1 aliphatic carbocycles. The molecule has 1 atom stereocenters. The molecule has 108 valence electrons. The van der Waals surface area contributed by atoms with Crippen molar-refractivity contribution < 1.29 is 4.79 Å². The molecule has 0 aromatic carbocycles. The standard InChI is InChI=1S/C15H27N3O/c1-4-18(11-13(2)10-16)15(19)12-17(3)14-8-6-5-7-9-14/h13-14H,4-9,11-12H2,1-3H3/t13-/m1/s1. The summed E-state index contributed by atoms with van der Waals surface area (Å²) in [5.74, 6) is 0.0570. The van der Waals surface area contributed by atoms with Gasteiger partial charge in [-0.25, -0.2) is 0 Å². The van der Waals surface area contributed by atoms with Gasteiger partial charge in [-0.1, -0.05) is 19.3 Å². The molecule has 4 heteroatoms. The topological polar surface area (TPSA) is 47.3 Å². The summed E-state index contributed by atoms with van der Waals surface area (Å²) in [7, 11) is 2.05. The smallest absolute Gasteiger partial charge is 0.236 e. The van der Waals surface area contributed by atoms with Gasteiger partial charge in [-0.2, -0.15) is 5.26 Å². The molecule has 1 saturated carbocycles. The fraction of sp³-hybridized carbons (Fsp3) is 0.867. The van der Waals surface area contributed by atoms with E-state index in [0.717, 1.165) is 0 Å². The van der Waals surface area contributed by atoms with Crippen LogP contribution in [0.1, 0.15) is 46.0 Å². The molecule has 0 spiro atoms. The lowest BCUT2D eigenvalue weighted by molar-refractivity contribution is -0.132. The first-order valence-corrected chi connectivity index (χ1v) is 7.46. The molecule has 1 aliphatic rings.